The zero-order valence-electron chi connectivity index (χ0n) is 11.0. The first-order valence-electron chi connectivity index (χ1n) is 6.83. The maximum Gasteiger partial charge on any atom is 0.0478 e. The molecule has 0 spiro atoms. The second-order valence-corrected chi connectivity index (χ2v) is 4.80. The molecule has 0 aromatic heterocycles. The summed E-state index contributed by atoms with van der Waals surface area (Å²) in [7, 11) is 2.25. The lowest BCUT2D eigenvalue weighted by atomic mass is 10.0. The smallest absolute Gasteiger partial charge is 0.0478 e. The van der Waals surface area contributed by atoms with Crippen LogP contribution in [-0.4, -0.2) is 50.8 Å². The molecule has 1 unspecified atom stereocenters. The van der Waals surface area contributed by atoms with Gasteiger partial charge in [0, 0.05) is 25.8 Å². The Labute approximate surface area is 101 Å². The molecule has 1 saturated heterocycles. The molecule has 1 aliphatic rings. The second kappa shape index (κ2) is 8.97. The number of nitrogens with zero attached hydrogens (tertiary/aromatic N) is 1. The number of likely N-dealkylation sites (tertiary alicyclic amines) is 1. The summed E-state index contributed by atoms with van der Waals surface area (Å²) >= 11 is 0. The minimum absolute atomic E-state index is 0.755. The molecule has 1 rings (SSSR count). The van der Waals surface area contributed by atoms with Crippen molar-refractivity contribution >= 4 is 0 Å². The highest BCUT2D eigenvalue weighted by Crippen LogP contribution is 2.13. The number of piperidine rings is 1. The van der Waals surface area contributed by atoms with E-state index in [1.54, 1.807) is 0 Å². The summed E-state index contributed by atoms with van der Waals surface area (Å²) in [6.07, 6.45) is 6.39. The third-order valence-corrected chi connectivity index (χ3v) is 3.29. The quantitative estimate of drug-likeness (QED) is 0.642. The number of nitrogens with one attached hydrogen (secondary N) is 1. The summed E-state index contributed by atoms with van der Waals surface area (Å²) in [5.41, 5.74) is 0. The van der Waals surface area contributed by atoms with Gasteiger partial charge in [-0.05, 0) is 45.8 Å². The number of rotatable bonds is 8. The van der Waals surface area contributed by atoms with Crippen molar-refractivity contribution in [1.29, 1.82) is 0 Å². The molecule has 0 aliphatic carbocycles. The van der Waals surface area contributed by atoms with Crippen LogP contribution in [-0.2, 0) is 4.74 Å². The molecule has 1 fully saturated rings. The summed E-state index contributed by atoms with van der Waals surface area (Å²) in [5, 5.41) is 3.54. The van der Waals surface area contributed by atoms with Crippen molar-refractivity contribution < 1.29 is 4.74 Å². The van der Waals surface area contributed by atoms with Crippen LogP contribution in [0.4, 0.5) is 0 Å². The van der Waals surface area contributed by atoms with E-state index in [4.69, 9.17) is 4.74 Å². The maximum absolute atomic E-state index is 5.45. The monoisotopic (exact) mass is 228 g/mol. The highest BCUT2D eigenvalue weighted by Gasteiger charge is 2.17. The average molecular weight is 228 g/mol. The van der Waals surface area contributed by atoms with Gasteiger partial charge in [-0.1, -0.05) is 13.3 Å². The zero-order valence-corrected chi connectivity index (χ0v) is 11.0. The minimum Gasteiger partial charge on any atom is -0.381 e. The van der Waals surface area contributed by atoms with Crippen LogP contribution in [0.2, 0.25) is 0 Å². The zero-order chi connectivity index (χ0) is 11.6. The van der Waals surface area contributed by atoms with Crippen LogP contribution in [0.15, 0.2) is 0 Å². The van der Waals surface area contributed by atoms with Gasteiger partial charge in [0.15, 0.2) is 0 Å². The van der Waals surface area contributed by atoms with Crippen LogP contribution in [0.5, 0.6) is 0 Å². The van der Waals surface area contributed by atoms with Crippen LogP contribution in [0, 0.1) is 0 Å². The number of likely N-dealkylation sites (N-methyl/N-ethyl adjacent to an activating group) is 1. The predicted octanol–water partition coefficient (Wildman–Crippen LogP) is 1.88. The molecule has 16 heavy (non-hydrogen) atoms. The lowest BCUT2D eigenvalue weighted by molar-refractivity contribution is 0.130. The molecule has 0 bridgehead atoms. The van der Waals surface area contributed by atoms with Gasteiger partial charge in [0.2, 0.25) is 0 Å². The molecule has 3 heteroatoms. The van der Waals surface area contributed by atoms with Crippen LogP contribution in [0.3, 0.4) is 0 Å². The van der Waals surface area contributed by atoms with Crippen molar-refractivity contribution in [2.45, 2.75) is 45.1 Å². The molecule has 0 saturated carbocycles. The van der Waals surface area contributed by atoms with E-state index < -0.39 is 0 Å². The van der Waals surface area contributed by atoms with E-state index in [0.29, 0.717) is 0 Å². The van der Waals surface area contributed by atoms with Crippen molar-refractivity contribution in [3.8, 4) is 0 Å². The fraction of sp³-hybridized carbons (Fsp3) is 1.00. The van der Waals surface area contributed by atoms with Gasteiger partial charge >= 0.3 is 0 Å². The summed E-state index contributed by atoms with van der Waals surface area (Å²) in [6.45, 7) is 7.47. The molecule has 0 aromatic carbocycles. The molecule has 0 radical (unpaired) electrons. The Morgan fingerprint density at radius 1 is 1.31 bits per heavy atom. The van der Waals surface area contributed by atoms with E-state index in [1.807, 2.05) is 0 Å². The second-order valence-electron chi connectivity index (χ2n) is 4.80. The van der Waals surface area contributed by atoms with Crippen LogP contribution >= 0.6 is 0 Å². The highest BCUT2D eigenvalue weighted by molar-refractivity contribution is 4.75. The van der Waals surface area contributed by atoms with Gasteiger partial charge in [0.25, 0.3) is 0 Å². The molecule has 1 N–H and O–H groups in total. The lowest BCUT2D eigenvalue weighted by Gasteiger charge is -2.32. The largest absolute Gasteiger partial charge is 0.381 e. The van der Waals surface area contributed by atoms with Crippen molar-refractivity contribution in [2.75, 3.05) is 39.9 Å². The van der Waals surface area contributed by atoms with Gasteiger partial charge in [-0.2, -0.15) is 0 Å². The van der Waals surface area contributed by atoms with E-state index in [1.165, 1.54) is 25.8 Å². The first kappa shape index (κ1) is 13.9. The number of ether oxygens (including phenoxy) is 1. The minimum atomic E-state index is 0.755. The standard InChI is InChI=1S/C13H28N2O/c1-3-10-16-11-6-8-14-12-13-7-4-5-9-15(13)2/h13-14H,3-12H2,1-2H3. The topological polar surface area (TPSA) is 24.5 Å². The fourth-order valence-electron chi connectivity index (χ4n) is 2.22. The molecule has 96 valence electrons. The summed E-state index contributed by atoms with van der Waals surface area (Å²) in [4.78, 5) is 2.49. The SMILES string of the molecule is CCCOCCCNCC1CCCCN1C. The molecule has 3 nitrogen and oxygen atoms in total. The summed E-state index contributed by atoms with van der Waals surface area (Å²) in [6, 6.07) is 0.755. The van der Waals surface area contributed by atoms with Gasteiger partial charge in [-0.15, -0.1) is 0 Å². The predicted molar refractivity (Wildman–Crippen MR) is 68.9 cm³/mol. The highest BCUT2D eigenvalue weighted by atomic mass is 16.5. The third-order valence-electron chi connectivity index (χ3n) is 3.29. The van der Waals surface area contributed by atoms with Crippen LogP contribution in [0.25, 0.3) is 0 Å². The van der Waals surface area contributed by atoms with E-state index in [0.717, 1.165) is 45.2 Å². The van der Waals surface area contributed by atoms with Crippen molar-refractivity contribution in [3.05, 3.63) is 0 Å². The Bertz CT molecular complexity index is 164. The Hall–Kier alpha value is -0.120. The summed E-state index contributed by atoms with van der Waals surface area (Å²) < 4.78 is 5.45. The number of hydrogen-bond acceptors (Lipinski definition) is 3. The summed E-state index contributed by atoms with van der Waals surface area (Å²) in [5.74, 6) is 0. The van der Waals surface area contributed by atoms with E-state index in [9.17, 15) is 0 Å². The van der Waals surface area contributed by atoms with Crippen molar-refractivity contribution in [2.24, 2.45) is 0 Å². The van der Waals surface area contributed by atoms with E-state index in [2.05, 4.69) is 24.2 Å². The molecule has 1 heterocycles. The Balaban J connectivity index is 1.90. The van der Waals surface area contributed by atoms with Crippen molar-refractivity contribution in [1.82, 2.24) is 10.2 Å². The normalized spacial score (nSPS) is 22.5. The van der Waals surface area contributed by atoms with Crippen LogP contribution < -0.4 is 5.32 Å². The Morgan fingerprint density at radius 3 is 2.94 bits per heavy atom. The third kappa shape index (κ3) is 5.83. The van der Waals surface area contributed by atoms with Crippen LogP contribution in [0.1, 0.15) is 39.0 Å². The van der Waals surface area contributed by atoms with Gasteiger partial charge in [0.05, 0.1) is 0 Å². The molecule has 0 aromatic rings. The fourth-order valence-corrected chi connectivity index (χ4v) is 2.22. The van der Waals surface area contributed by atoms with Gasteiger partial charge in [0.1, 0.15) is 0 Å². The first-order valence-corrected chi connectivity index (χ1v) is 6.83. The Kier molecular flexibility index (Phi) is 7.81. The van der Waals surface area contributed by atoms with E-state index in [-0.39, 0.29) is 0 Å². The van der Waals surface area contributed by atoms with Crippen molar-refractivity contribution in [3.63, 3.8) is 0 Å². The molecular formula is C13H28N2O. The molecular weight excluding hydrogens is 200 g/mol. The molecule has 1 aliphatic heterocycles. The van der Waals surface area contributed by atoms with E-state index >= 15 is 0 Å². The van der Waals surface area contributed by atoms with Gasteiger partial charge in [-0.3, -0.25) is 0 Å². The lowest BCUT2D eigenvalue weighted by Crippen LogP contribution is -2.43. The number of hydrogen-bond donors (Lipinski definition) is 1. The van der Waals surface area contributed by atoms with Gasteiger partial charge < -0.3 is 15.0 Å². The molecule has 0 amide bonds. The average Bonchev–Trinajstić information content (AvgIpc) is 2.30. The first-order chi connectivity index (χ1) is 7.84. The Morgan fingerprint density at radius 2 is 2.19 bits per heavy atom. The molecule has 1 atom stereocenters. The maximum atomic E-state index is 5.45. The van der Waals surface area contributed by atoms with Gasteiger partial charge in [-0.25, -0.2) is 0 Å².